The molecule has 36 heavy (non-hydrogen) atoms. The summed E-state index contributed by atoms with van der Waals surface area (Å²) in [5.41, 5.74) is 6.08. The molecule has 0 aliphatic carbocycles. The third-order valence-electron chi connectivity index (χ3n) is 4.85. The minimum absolute atomic E-state index is 0.0161. The van der Waals surface area contributed by atoms with E-state index in [4.69, 9.17) is 15.3 Å². The number of nitrogens with zero attached hydrogens (tertiary/aromatic N) is 3. The number of guanidine groups is 1. The number of sulfonamides is 1. The molecule has 12 nitrogen and oxygen atoms in total. The number of anilines is 1. The topological polar surface area (TPSA) is 166 Å². The van der Waals surface area contributed by atoms with Gasteiger partial charge in [-0.05, 0) is 55.3 Å². The van der Waals surface area contributed by atoms with Crippen molar-refractivity contribution in [2.75, 3.05) is 25.0 Å². The molecule has 2 aromatic rings. The average molecular weight is 521 g/mol. The van der Waals surface area contributed by atoms with E-state index in [1.807, 2.05) is 6.92 Å². The van der Waals surface area contributed by atoms with Crippen molar-refractivity contribution in [3.05, 3.63) is 58.0 Å². The van der Waals surface area contributed by atoms with E-state index in [2.05, 4.69) is 20.2 Å². The van der Waals surface area contributed by atoms with Crippen LogP contribution in [0.5, 0.6) is 0 Å². The molecule has 0 atom stereocenters. The number of ether oxygens (including phenoxy) is 1. The van der Waals surface area contributed by atoms with Crippen LogP contribution in [0.15, 0.2) is 56.2 Å². The van der Waals surface area contributed by atoms with Crippen LogP contribution in [0.4, 0.5) is 5.69 Å². The maximum absolute atomic E-state index is 12.9. The van der Waals surface area contributed by atoms with Crippen LogP contribution in [-0.4, -0.2) is 51.0 Å². The number of benzene rings is 1. The molecule has 0 radical (unpaired) electrons. The van der Waals surface area contributed by atoms with Crippen molar-refractivity contribution in [2.24, 2.45) is 15.9 Å². The van der Waals surface area contributed by atoms with Gasteiger partial charge >= 0.3 is 0 Å². The molecular weight excluding hydrogens is 488 g/mol. The minimum Gasteiger partial charge on any atom is -0.484 e. The Labute approximate surface area is 210 Å². The normalized spacial score (nSPS) is 12.2. The summed E-state index contributed by atoms with van der Waals surface area (Å²) in [5.74, 6) is -0.152. The second kappa shape index (κ2) is 13.3. The Kier molecular flexibility index (Phi) is 10.5. The lowest BCUT2D eigenvalue weighted by Gasteiger charge is -2.13. The van der Waals surface area contributed by atoms with Gasteiger partial charge in [-0.25, -0.2) is 8.42 Å². The van der Waals surface area contributed by atoms with Gasteiger partial charge in [0.25, 0.3) is 21.5 Å². The van der Waals surface area contributed by atoms with Gasteiger partial charge in [-0.15, -0.1) is 0 Å². The lowest BCUT2D eigenvalue weighted by atomic mass is 10.2. The van der Waals surface area contributed by atoms with E-state index >= 15 is 0 Å². The van der Waals surface area contributed by atoms with E-state index in [9.17, 15) is 18.0 Å². The number of pyridine rings is 1. The Balaban J connectivity index is 1.98. The summed E-state index contributed by atoms with van der Waals surface area (Å²) >= 11 is 0. The molecule has 1 amide bonds. The number of aliphatic imine (C=N–C) groups is 1. The molecule has 0 spiro atoms. The Morgan fingerprint density at radius 1 is 1.19 bits per heavy atom. The molecule has 0 saturated heterocycles. The van der Waals surface area contributed by atoms with Gasteiger partial charge in [0.2, 0.25) is 5.91 Å². The Morgan fingerprint density at radius 3 is 2.61 bits per heavy atom. The zero-order valence-electron chi connectivity index (χ0n) is 20.8. The minimum atomic E-state index is -3.98. The van der Waals surface area contributed by atoms with E-state index in [1.165, 1.54) is 29.9 Å². The molecule has 0 unspecified atom stereocenters. The fourth-order valence-corrected chi connectivity index (χ4v) is 4.21. The molecule has 0 saturated carbocycles. The number of rotatable bonds is 11. The second-order valence-corrected chi connectivity index (χ2v) is 9.48. The number of nitrogens with two attached hydrogens (primary N) is 1. The third-order valence-corrected chi connectivity index (χ3v) is 6.21. The standard InChI is InChI=1S/C23H32N6O6S/c1-5-7-21(34-4)26-23(24)27-35-13-12-25-20(30)15-29-17(3)10-11-19(22(29)31)28-36(32,33)18-9-6-8-16(2)14-18/h6,8-11,14,28H,5,7,12-13,15H2,1-4H3,(H2,24,27)(H,25,30)/b26-21+. The summed E-state index contributed by atoms with van der Waals surface area (Å²) < 4.78 is 33.9. The number of carbonyl (C=O) groups excluding carboxylic acids is 1. The first-order chi connectivity index (χ1) is 17.1. The van der Waals surface area contributed by atoms with Crippen molar-refractivity contribution in [1.29, 1.82) is 0 Å². The Bertz CT molecular complexity index is 1290. The number of amides is 1. The summed E-state index contributed by atoms with van der Waals surface area (Å²) in [5, 5.41) is 6.23. The van der Waals surface area contributed by atoms with Crippen LogP contribution in [0, 0.1) is 13.8 Å². The van der Waals surface area contributed by atoms with Crippen LogP contribution in [0.3, 0.4) is 0 Å². The number of hydrogen-bond donors (Lipinski definition) is 3. The van der Waals surface area contributed by atoms with Crippen molar-refractivity contribution in [3.63, 3.8) is 0 Å². The molecule has 0 aliphatic heterocycles. The van der Waals surface area contributed by atoms with E-state index < -0.39 is 21.5 Å². The predicted octanol–water partition coefficient (Wildman–Crippen LogP) is 1.47. The fourth-order valence-electron chi connectivity index (χ4n) is 3.04. The van der Waals surface area contributed by atoms with E-state index in [1.54, 1.807) is 32.0 Å². The van der Waals surface area contributed by atoms with Crippen molar-refractivity contribution in [2.45, 2.75) is 45.1 Å². The van der Waals surface area contributed by atoms with Crippen LogP contribution >= 0.6 is 0 Å². The molecule has 1 aromatic heterocycles. The predicted molar refractivity (Wildman–Crippen MR) is 137 cm³/mol. The van der Waals surface area contributed by atoms with Crippen LogP contribution in [-0.2, 0) is 30.9 Å². The van der Waals surface area contributed by atoms with Gasteiger partial charge in [0.1, 0.15) is 18.8 Å². The van der Waals surface area contributed by atoms with Gasteiger partial charge in [-0.2, -0.15) is 4.99 Å². The molecule has 196 valence electrons. The number of carbonyl (C=O) groups is 1. The lowest BCUT2D eigenvalue weighted by molar-refractivity contribution is -0.122. The van der Waals surface area contributed by atoms with Gasteiger partial charge in [0.05, 0.1) is 18.6 Å². The summed E-state index contributed by atoms with van der Waals surface area (Å²) in [6, 6.07) is 9.23. The number of oxime groups is 1. The summed E-state index contributed by atoms with van der Waals surface area (Å²) in [7, 11) is -2.49. The first-order valence-electron chi connectivity index (χ1n) is 11.2. The summed E-state index contributed by atoms with van der Waals surface area (Å²) in [6.07, 6.45) is 1.44. The molecule has 0 fully saturated rings. The number of methoxy groups -OCH3 is 1. The third kappa shape index (κ3) is 8.41. The van der Waals surface area contributed by atoms with Gasteiger partial charge in [0, 0.05) is 12.1 Å². The van der Waals surface area contributed by atoms with Crippen molar-refractivity contribution in [1.82, 2.24) is 9.88 Å². The number of aryl methyl sites for hydroxylation is 2. The quantitative estimate of drug-likeness (QED) is 0.175. The number of hydrogen-bond acceptors (Lipinski definition) is 7. The van der Waals surface area contributed by atoms with Crippen molar-refractivity contribution in [3.8, 4) is 0 Å². The zero-order chi connectivity index (χ0) is 26.7. The number of aromatic nitrogens is 1. The average Bonchev–Trinajstić information content (AvgIpc) is 2.83. The SMILES string of the molecule is CCC/C(=N\C(N)=N\OCCNC(=O)Cn1c(C)ccc(NS(=O)(=O)c2cccc(C)c2)c1=O)OC. The van der Waals surface area contributed by atoms with Gasteiger partial charge in [0.15, 0.2) is 5.90 Å². The molecule has 1 heterocycles. The second-order valence-electron chi connectivity index (χ2n) is 7.79. The monoisotopic (exact) mass is 520 g/mol. The zero-order valence-corrected chi connectivity index (χ0v) is 21.6. The van der Waals surface area contributed by atoms with Gasteiger partial charge in [-0.3, -0.25) is 14.3 Å². The summed E-state index contributed by atoms with van der Waals surface area (Å²) in [4.78, 5) is 34.3. The fraction of sp³-hybridized carbons (Fsp3) is 0.391. The van der Waals surface area contributed by atoms with Crippen molar-refractivity contribution >= 4 is 33.5 Å². The molecule has 1 aromatic carbocycles. The Hall–Kier alpha value is -3.87. The molecule has 0 aliphatic rings. The van der Waals surface area contributed by atoms with E-state index in [0.29, 0.717) is 18.0 Å². The smallest absolute Gasteiger partial charge is 0.275 e. The van der Waals surface area contributed by atoms with E-state index in [-0.39, 0.29) is 36.2 Å². The van der Waals surface area contributed by atoms with Crippen LogP contribution in [0.25, 0.3) is 0 Å². The maximum Gasteiger partial charge on any atom is 0.275 e. The molecule has 13 heteroatoms. The van der Waals surface area contributed by atoms with Crippen molar-refractivity contribution < 1.29 is 22.8 Å². The number of nitrogens with one attached hydrogen (secondary N) is 2. The van der Waals surface area contributed by atoms with E-state index in [0.717, 1.165) is 12.0 Å². The van der Waals surface area contributed by atoms with Gasteiger partial charge < -0.3 is 25.2 Å². The molecule has 4 N–H and O–H groups in total. The summed E-state index contributed by atoms with van der Waals surface area (Å²) in [6.45, 7) is 5.18. The molecule has 2 rings (SSSR count). The first kappa shape index (κ1) is 28.4. The van der Waals surface area contributed by atoms with Crippen LogP contribution in [0.1, 0.15) is 31.0 Å². The highest BCUT2D eigenvalue weighted by molar-refractivity contribution is 7.92. The van der Waals surface area contributed by atoms with Crippen LogP contribution < -0.4 is 21.3 Å². The highest BCUT2D eigenvalue weighted by Crippen LogP contribution is 2.15. The lowest BCUT2D eigenvalue weighted by Crippen LogP contribution is -2.36. The Morgan fingerprint density at radius 2 is 1.94 bits per heavy atom. The first-order valence-corrected chi connectivity index (χ1v) is 12.7. The van der Waals surface area contributed by atoms with Gasteiger partial charge in [-0.1, -0.05) is 19.1 Å². The molecular formula is C23H32N6O6S. The van der Waals surface area contributed by atoms with Crippen LogP contribution in [0.2, 0.25) is 0 Å². The highest BCUT2D eigenvalue weighted by atomic mass is 32.2. The largest absolute Gasteiger partial charge is 0.484 e. The highest BCUT2D eigenvalue weighted by Gasteiger charge is 2.18. The molecule has 0 bridgehead atoms. The maximum atomic E-state index is 12.9.